The van der Waals surface area contributed by atoms with E-state index in [2.05, 4.69) is 32.3 Å². The van der Waals surface area contributed by atoms with Gasteiger partial charge in [0, 0.05) is 15.4 Å². The van der Waals surface area contributed by atoms with Crippen LogP contribution in [-0.4, -0.2) is 10.9 Å². The summed E-state index contributed by atoms with van der Waals surface area (Å²) in [5.41, 5.74) is 2.72. The molecular weight excluding hydrogens is 316 g/mol. The number of hydrogen-bond donors (Lipinski definition) is 1. The van der Waals surface area contributed by atoms with E-state index >= 15 is 0 Å². The van der Waals surface area contributed by atoms with Gasteiger partial charge in [-0.1, -0.05) is 35.2 Å². The first-order valence-corrected chi connectivity index (χ1v) is 7.90. The van der Waals surface area contributed by atoms with Crippen molar-refractivity contribution in [2.45, 2.75) is 37.5 Å². The molecule has 1 saturated carbocycles. The van der Waals surface area contributed by atoms with Crippen molar-refractivity contribution in [3.8, 4) is 0 Å². The van der Waals surface area contributed by atoms with Crippen molar-refractivity contribution in [1.29, 1.82) is 0 Å². The summed E-state index contributed by atoms with van der Waals surface area (Å²) in [6.07, 6.45) is 7.22. The topological polar surface area (TPSA) is 42.0 Å². The molecule has 20 heavy (non-hydrogen) atoms. The lowest BCUT2D eigenvalue weighted by atomic mass is 9.69. The van der Waals surface area contributed by atoms with Crippen molar-refractivity contribution in [2.75, 3.05) is 5.32 Å². The molecule has 0 unspecified atom stereocenters. The van der Waals surface area contributed by atoms with Gasteiger partial charge in [-0.05, 0) is 31.0 Å². The Labute approximate surface area is 125 Å². The number of carbonyl (C=O) groups excluding carboxylic acids is 1. The van der Waals surface area contributed by atoms with Crippen LogP contribution in [0.2, 0.25) is 0 Å². The van der Waals surface area contributed by atoms with Gasteiger partial charge in [-0.25, -0.2) is 0 Å². The molecule has 1 aromatic heterocycles. The molecule has 2 aromatic rings. The Morgan fingerprint density at radius 2 is 2.00 bits per heavy atom. The lowest BCUT2D eigenvalue weighted by Crippen LogP contribution is -2.36. The van der Waals surface area contributed by atoms with E-state index in [1.54, 1.807) is 0 Å². The van der Waals surface area contributed by atoms with Gasteiger partial charge in [-0.3, -0.25) is 9.78 Å². The molecule has 1 aliphatic heterocycles. The first-order chi connectivity index (χ1) is 9.71. The predicted molar refractivity (Wildman–Crippen MR) is 82.8 cm³/mol. The molecule has 0 radical (unpaired) electrons. The van der Waals surface area contributed by atoms with Gasteiger partial charge in [0.25, 0.3) is 0 Å². The number of pyridine rings is 1. The van der Waals surface area contributed by atoms with Gasteiger partial charge in [0.2, 0.25) is 5.91 Å². The van der Waals surface area contributed by atoms with E-state index in [0.29, 0.717) is 0 Å². The van der Waals surface area contributed by atoms with E-state index in [4.69, 9.17) is 0 Å². The summed E-state index contributed by atoms with van der Waals surface area (Å²) >= 11 is 3.54. The number of nitrogens with zero attached hydrogens (tertiary/aromatic N) is 1. The SMILES string of the molecule is O=C1Nc2cnc3ccc(Br)cc3c2C12CCCCC2. The highest BCUT2D eigenvalue weighted by atomic mass is 79.9. The first kappa shape index (κ1) is 12.3. The van der Waals surface area contributed by atoms with E-state index in [1.807, 2.05) is 18.3 Å². The van der Waals surface area contributed by atoms with E-state index in [9.17, 15) is 4.79 Å². The molecule has 0 saturated heterocycles. The lowest BCUT2D eigenvalue weighted by molar-refractivity contribution is -0.121. The minimum atomic E-state index is -0.324. The van der Waals surface area contributed by atoms with E-state index in [-0.39, 0.29) is 11.3 Å². The number of carbonyl (C=O) groups is 1. The Morgan fingerprint density at radius 3 is 2.80 bits per heavy atom. The number of aromatic nitrogens is 1. The van der Waals surface area contributed by atoms with Gasteiger partial charge in [-0.15, -0.1) is 0 Å². The second-order valence-corrected chi connectivity index (χ2v) is 6.72. The van der Waals surface area contributed by atoms with Crippen LogP contribution in [0.25, 0.3) is 10.9 Å². The molecule has 1 aromatic carbocycles. The average Bonchev–Trinajstić information content (AvgIpc) is 2.73. The minimum absolute atomic E-state index is 0.168. The standard InChI is InChI=1S/C16H15BrN2O/c17-10-4-5-12-11(8-10)14-13(9-18-12)19-15(20)16(14)6-2-1-3-7-16/h4-5,8-9H,1-3,6-7H2,(H,19,20). The second kappa shape index (κ2) is 4.29. The van der Waals surface area contributed by atoms with Gasteiger partial charge < -0.3 is 5.32 Å². The summed E-state index contributed by atoms with van der Waals surface area (Å²) in [7, 11) is 0. The second-order valence-electron chi connectivity index (χ2n) is 5.81. The molecule has 2 aliphatic rings. The third kappa shape index (κ3) is 1.57. The lowest BCUT2D eigenvalue weighted by Gasteiger charge is -2.32. The molecule has 4 rings (SSSR count). The molecule has 1 amide bonds. The van der Waals surface area contributed by atoms with Crippen molar-refractivity contribution in [3.05, 3.63) is 34.4 Å². The van der Waals surface area contributed by atoms with Crippen LogP contribution >= 0.6 is 15.9 Å². The van der Waals surface area contributed by atoms with Crippen molar-refractivity contribution >= 4 is 38.4 Å². The third-order valence-corrected chi connectivity index (χ3v) is 5.19. The number of nitrogens with one attached hydrogen (secondary N) is 1. The molecule has 2 heterocycles. The largest absolute Gasteiger partial charge is 0.324 e. The monoisotopic (exact) mass is 330 g/mol. The summed E-state index contributed by atoms with van der Waals surface area (Å²) < 4.78 is 1.03. The van der Waals surface area contributed by atoms with Crippen LogP contribution in [0.3, 0.4) is 0 Å². The molecule has 4 heteroatoms. The molecule has 0 bridgehead atoms. The Kier molecular flexibility index (Phi) is 2.64. The highest BCUT2D eigenvalue weighted by Gasteiger charge is 2.48. The number of halogens is 1. The molecule has 1 aliphatic carbocycles. The highest BCUT2D eigenvalue weighted by Crippen LogP contribution is 2.49. The Hall–Kier alpha value is -1.42. The maximum Gasteiger partial charge on any atom is 0.235 e. The van der Waals surface area contributed by atoms with Crippen LogP contribution in [0.5, 0.6) is 0 Å². The molecule has 1 spiro atoms. The normalized spacial score (nSPS) is 20.1. The molecule has 1 N–H and O–H groups in total. The number of anilines is 1. The molecule has 1 fully saturated rings. The minimum Gasteiger partial charge on any atom is -0.324 e. The fraction of sp³-hybridized carbons (Fsp3) is 0.375. The van der Waals surface area contributed by atoms with Crippen LogP contribution < -0.4 is 5.32 Å². The maximum atomic E-state index is 12.6. The Bertz CT molecular complexity index is 720. The molecular formula is C16H15BrN2O. The number of benzene rings is 1. The third-order valence-electron chi connectivity index (χ3n) is 4.70. The molecule has 3 nitrogen and oxygen atoms in total. The predicted octanol–water partition coefficient (Wildman–Crippen LogP) is 4.15. The van der Waals surface area contributed by atoms with Crippen LogP contribution in [0.4, 0.5) is 5.69 Å². The maximum absolute atomic E-state index is 12.6. The van der Waals surface area contributed by atoms with Gasteiger partial charge >= 0.3 is 0 Å². The Morgan fingerprint density at radius 1 is 1.20 bits per heavy atom. The van der Waals surface area contributed by atoms with Crippen molar-refractivity contribution in [2.24, 2.45) is 0 Å². The van der Waals surface area contributed by atoms with Gasteiger partial charge in [0.15, 0.2) is 0 Å². The summed E-state index contributed by atoms with van der Waals surface area (Å²) in [5.74, 6) is 0.168. The summed E-state index contributed by atoms with van der Waals surface area (Å²) in [6, 6.07) is 6.11. The summed E-state index contributed by atoms with van der Waals surface area (Å²) in [5, 5.41) is 4.16. The smallest absolute Gasteiger partial charge is 0.235 e. The number of fused-ring (bicyclic) bond motifs is 4. The molecule has 102 valence electrons. The summed E-state index contributed by atoms with van der Waals surface area (Å²) in [4.78, 5) is 17.1. The van der Waals surface area contributed by atoms with Crippen LogP contribution in [0, 0.1) is 0 Å². The van der Waals surface area contributed by atoms with Crippen LogP contribution in [-0.2, 0) is 10.2 Å². The number of amides is 1. The van der Waals surface area contributed by atoms with Gasteiger partial charge in [-0.2, -0.15) is 0 Å². The van der Waals surface area contributed by atoms with Crippen LogP contribution in [0.15, 0.2) is 28.9 Å². The van der Waals surface area contributed by atoms with E-state index in [0.717, 1.165) is 46.7 Å². The highest BCUT2D eigenvalue weighted by molar-refractivity contribution is 9.10. The zero-order valence-electron chi connectivity index (χ0n) is 11.1. The average molecular weight is 331 g/mol. The van der Waals surface area contributed by atoms with Crippen molar-refractivity contribution in [3.63, 3.8) is 0 Å². The van der Waals surface area contributed by atoms with Crippen molar-refractivity contribution < 1.29 is 4.79 Å². The number of hydrogen-bond acceptors (Lipinski definition) is 2. The van der Waals surface area contributed by atoms with E-state index < -0.39 is 0 Å². The number of rotatable bonds is 0. The van der Waals surface area contributed by atoms with Crippen molar-refractivity contribution in [1.82, 2.24) is 4.98 Å². The van der Waals surface area contributed by atoms with E-state index in [1.165, 1.54) is 12.0 Å². The van der Waals surface area contributed by atoms with Gasteiger partial charge in [0.1, 0.15) is 0 Å². The quantitative estimate of drug-likeness (QED) is 0.788. The summed E-state index contributed by atoms with van der Waals surface area (Å²) in [6.45, 7) is 0. The molecule has 0 atom stereocenters. The zero-order chi connectivity index (χ0) is 13.7. The first-order valence-electron chi connectivity index (χ1n) is 7.11. The van der Waals surface area contributed by atoms with Crippen LogP contribution in [0.1, 0.15) is 37.7 Å². The fourth-order valence-electron chi connectivity index (χ4n) is 3.76. The fourth-order valence-corrected chi connectivity index (χ4v) is 4.12. The van der Waals surface area contributed by atoms with Gasteiger partial charge in [0.05, 0.1) is 22.8 Å². The zero-order valence-corrected chi connectivity index (χ0v) is 12.7. The Balaban J connectivity index is 2.04.